The van der Waals surface area contributed by atoms with Gasteiger partial charge in [0.05, 0.1) is 17.4 Å². The van der Waals surface area contributed by atoms with Crippen LogP contribution in [0.15, 0.2) is 72.8 Å². The Hall–Kier alpha value is -3.56. The number of nitrogens with zero attached hydrogens (tertiary/aromatic N) is 2. The highest BCUT2D eigenvalue weighted by molar-refractivity contribution is 6.32. The molecule has 0 aliphatic carbocycles. The van der Waals surface area contributed by atoms with Crippen molar-refractivity contribution in [2.45, 2.75) is 25.4 Å². The molecule has 2 aliphatic rings. The molecular formula is C25H18ClF3N2O4. The van der Waals surface area contributed by atoms with E-state index in [2.05, 4.69) is 4.74 Å². The van der Waals surface area contributed by atoms with Crippen LogP contribution < -0.4 is 14.7 Å². The average molecular weight is 503 g/mol. The number of ether oxygens (including phenoxy) is 1. The number of hydroxylamine groups is 1. The highest BCUT2D eigenvalue weighted by Crippen LogP contribution is 2.48. The van der Waals surface area contributed by atoms with Gasteiger partial charge in [0, 0.05) is 5.02 Å². The van der Waals surface area contributed by atoms with Gasteiger partial charge in [-0.1, -0.05) is 48.0 Å². The molecule has 0 spiro atoms. The van der Waals surface area contributed by atoms with Crippen LogP contribution in [0.2, 0.25) is 5.02 Å². The highest BCUT2D eigenvalue weighted by Gasteiger charge is 2.60. The lowest BCUT2D eigenvalue weighted by atomic mass is 9.90. The lowest BCUT2D eigenvalue weighted by molar-refractivity contribution is -0.274. The SMILES string of the molecule is Cc1c(Cl)cccc1N1C(=O)[C@H]2[C@@H](c3ccc(OC(F)(F)F)cc3)N(c3ccccc3)O[C@H]2C1=O. The van der Waals surface area contributed by atoms with Crippen LogP contribution in [-0.4, -0.2) is 24.3 Å². The number of anilines is 2. The first-order valence-electron chi connectivity index (χ1n) is 10.7. The Balaban J connectivity index is 1.55. The Morgan fingerprint density at radius 1 is 0.914 bits per heavy atom. The molecule has 2 fully saturated rings. The number of amides is 2. The number of alkyl halides is 3. The fraction of sp³-hybridized carbons (Fsp3) is 0.200. The van der Waals surface area contributed by atoms with E-state index >= 15 is 0 Å². The Morgan fingerprint density at radius 3 is 2.26 bits per heavy atom. The van der Waals surface area contributed by atoms with Gasteiger partial charge in [-0.2, -0.15) is 0 Å². The smallest absolute Gasteiger partial charge is 0.406 e. The zero-order valence-corrected chi connectivity index (χ0v) is 19.0. The average Bonchev–Trinajstić information content (AvgIpc) is 3.32. The molecule has 3 aromatic rings. The Kier molecular flexibility index (Phi) is 5.69. The molecule has 0 radical (unpaired) electrons. The molecule has 10 heteroatoms. The monoisotopic (exact) mass is 502 g/mol. The predicted octanol–water partition coefficient (Wildman–Crippen LogP) is 5.60. The van der Waals surface area contributed by atoms with Gasteiger partial charge in [0.25, 0.3) is 5.91 Å². The number of halogens is 4. The number of rotatable bonds is 4. The summed E-state index contributed by atoms with van der Waals surface area (Å²) in [4.78, 5) is 34.2. The summed E-state index contributed by atoms with van der Waals surface area (Å²) in [5.74, 6) is -2.35. The largest absolute Gasteiger partial charge is 0.573 e. The molecule has 0 N–H and O–H groups in total. The van der Waals surface area contributed by atoms with E-state index in [1.807, 2.05) is 0 Å². The summed E-state index contributed by atoms with van der Waals surface area (Å²) in [6.45, 7) is 1.71. The number of hydrogen-bond acceptors (Lipinski definition) is 5. The molecular weight excluding hydrogens is 485 g/mol. The quantitative estimate of drug-likeness (QED) is 0.435. The number of hydrogen-bond donors (Lipinski definition) is 0. The van der Waals surface area contributed by atoms with Crippen molar-refractivity contribution in [2.75, 3.05) is 9.96 Å². The summed E-state index contributed by atoms with van der Waals surface area (Å²) in [7, 11) is 0. The number of fused-ring (bicyclic) bond motifs is 1. The predicted molar refractivity (Wildman–Crippen MR) is 122 cm³/mol. The zero-order chi connectivity index (χ0) is 24.9. The van der Waals surface area contributed by atoms with Crippen LogP contribution in [0.4, 0.5) is 24.5 Å². The van der Waals surface area contributed by atoms with Crippen molar-refractivity contribution in [1.29, 1.82) is 0 Å². The zero-order valence-electron chi connectivity index (χ0n) is 18.2. The summed E-state index contributed by atoms with van der Waals surface area (Å²) in [5.41, 5.74) is 2.01. The van der Waals surface area contributed by atoms with E-state index in [-0.39, 0.29) is 0 Å². The second-order valence-corrected chi connectivity index (χ2v) is 8.58. The Morgan fingerprint density at radius 2 is 1.60 bits per heavy atom. The molecule has 3 atom stereocenters. The van der Waals surface area contributed by atoms with Gasteiger partial charge in [-0.25, -0.2) is 9.96 Å². The van der Waals surface area contributed by atoms with Crippen LogP contribution in [0, 0.1) is 12.8 Å². The van der Waals surface area contributed by atoms with Crippen molar-refractivity contribution < 1.29 is 32.3 Å². The number of carbonyl (C=O) groups excluding carboxylic acids is 2. The van der Waals surface area contributed by atoms with E-state index in [1.54, 1.807) is 55.5 Å². The summed E-state index contributed by atoms with van der Waals surface area (Å²) in [5, 5.41) is 1.87. The molecule has 2 amide bonds. The van der Waals surface area contributed by atoms with Gasteiger partial charge in [0.1, 0.15) is 11.7 Å². The minimum atomic E-state index is -4.83. The maximum Gasteiger partial charge on any atom is 0.573 e. The van der Waals surface area contributed by atoms with Crippen LogP contribution >= 0.6 is 11.6 Å². The van der Waals surface area contributed by atoms with Crippen molar-refractivity contribution in [3.05, 3.63) is 88.9 Å². The third-order valence-corrected chi connectivity index (χ3v) is 6.47. The summed E-state index contributed by atoms with van der Waals surface area (Å²) >= 11 is 6.22. The van der Waals surface area contributed by atoms with Gasteiger partial charge in [-0.3, -0.25) is 14.4 Å². The van der Waals surface area contributed by atoms with E-state index < -0.39 is 42.0 Å². The lowest BCUT2D eigenvalue weighted by Crippen LogP contribution is -2.37. The van der Waals surface area contributed by atoms with Crippen molar-refractivity contribution in [3.8, 4) is 5.75 Å². The van der Waals surface area contributed by atoms with E-state index in [1.165, 1.54) is 29.3 Å². The molecule has 3 aromatic carbocycles. The third kappa shape index (κ3) is 4.11. The molecule has 0 unspecified atom stereocenters. The van der Waals surface area contributed by atoms with E-state index in [0.29, 0.717) is 27.5 Å². The molecule has 6 nitrogen and oxygen atoms in total. The lowest BCUT2D eigenvalue weighted by Gasteiger charge is -2.29. The topological polar surface area (TPSA) is 59.1 Å². The van der Waals surface area contributed by atoms with Crippen LogP contribution in [0.25, 0.3) is 0 Å². The standard InChI is InChI=1S/C25H18ClF3N2O4/c1-14-18(26)8-5-9-19(14)30-23(32)20-21(15-10-12-17(13-11-15)34-25(27,28)29)31(35-22(20)24(30)33)16-6-3-2-4-7-16/h2-13,20-22H,1H3/t20-,21+,22+/m0/s1. The van der Waals surface area contributed by atoms with E-state index in [4.69, 9.17) is 16.4 Å². The molecule has 2 saturated heterocycles. The van der Waals surface area contributed by atoms with Gasteiger partial charge in [-0.15, -0.1) is 13.2 Å². The van der Waals surface area contributed by atoms with Crippen LogP contribution in [-0.2, 0) is 14.4 Å². The first-order chi connectivity index (χ1) is 16.7. The van der Waals surface area contributed by atoms with Gasteiger partial charge >= 0.3 is 6.36 Å². The summed E-state index contributed by atoms with van der Waals surface area (Å²) in [6.07, 6.45) is -5.94. The minimum Gasteiger partial charge on any atom is -0.406 e. The molecule has 2 aliphatic heterocycles. The molecule has 0 bridgehead atoms. The maximum atomic E-state index is 13.7. The Labute approximate surface area is 203 Å². The molecule has 0 aromatic heterocycles. The van der Waals surface area contributed by atoms with Crippen LogP contribution in [0.1, 0.15) is 17.2 Å². The third-order valence-electron chi connectivity index (χ3n) is 6.06. The van der Waals surface area contributed by atoms with Gasteiger partial charge in [0.2, 0.25) is 5.91 Å². The van der Waals surface area contributed by atoms with Crippen LogP contribution in [0.5, 0.6) is 5.75 Å². The minimum absolute atomic E-state index is 0.365. The molecule has 35 heavy (non-hydrogen) atoms. The maximum absolute atomic E-state index is 13.7. The van der Waals surface area contributed by atoms with Crippen molar-refractivity contribution in [1.82, 2.24) is 0 Å². The summed E-state index contributed by atoms with van der Waals surface area (Å²) < 4.78 is 41.8. The Bertz CT molecular complexity index is 1280. The number of para-hydroxylation sites is 1. The highest BCUT2D eigenvalue weighted by atomic mass is 35.5. The first-order valence-corrected chi connectivity index (χ1v) is 11.0. The molecule has 180 valence electrons. The number of imide groups is 1. The van der Waals surface area contributed by atoms with Crippen LogP contribution in [0.3, 0.4) is 0 Å². The van der Waals surface area contributed by atoms with Gasteiger partial charge < -0.3 is 4.74 Å². The van der Waals surface area contributed by atoms with Gasteiger partial charge in [-0.05, 0) is 54.4 Å². The number of benzene rings is 3. The first kappa shape index (κ1) is 23.2. The second-order valence-electron chi connectivity index (χ2n) is 8.17. The molecule has 2 heterocycles. The number of carbonyl (C=O) groups is 2. The van der Waals surface area contributed by atoms with Crippen molar-refractivity contribution >= 4 is 34.8 Å². The van der Waals surface area contributed by atoms with E-state index in [9.17, 15) is 22.8 Å². The van der Waals surface area contributed by atoms with Crippen molar-refractivity contribution in [2.24, 2.45) is 5.92 Å². The van der Waals surface area contributed by atoms with E-state index in [0.717, 1.165) is 4.90 Å². The van der Waals surface area contributed by atoms with Gasteiger partial charge in [0.15, 0.2) is 6.10 Å². The fourth-order valence-electron chi connectivity index (χ4n) is 4.49. The fourth-order valence-corrected chi connectivity index (χ4v) is 4.66. The normalized spacial score (nSPS) is 22.0. The molecule has 5 rings (SSSR count). The molecule has 0 saturated carbocycles. The summed E-state index contributed by atoms with van der Waals surface area (Å²) in [6, 6.07) is 18.2. The van der Waals surface area contributed by atoms with Crippen molar-refractivity contribution in [3.63, 3.8) is 0 Å². The second kappa shape index (κ2) is 8.58.